The number of rotatable bonds is 3. The van der Waals surface area contributed by atoms with Crippen LogP contribution in [0.1, 0.15) is 24.1 Å². The van der Waals surface area contributed by atoms with Gasteiger partial charge in [-0.1, -0.05) is 5.16 Å². The molecular weight excluding hydrogens is 172 g/mol. The Morgan fingerprint density at radius 1 is 1.62 bits per heavy atom. The lowest BCUT2D eigenvalue weighted by Gasteiger charge is -1.97. The molecule has 13 heavy (non-hydrogen) atoms. The molecule has 5 heteroatoms. The summed E-state index contributed by atoms with van der Waals surface area (Å²) in [6.45, 7) is 1.87. The summed E-state index contributed by atoms with van der Waals surface area (Å²) in [5.74, 6) is 1.57. The molecule has 1 aromatic heterocycles. The minimum atomic E-state index is 0.300. The van der Waals surface area contributed by atoms with Crippen LogP contribution < -0.4 is 0 Å². The molecule has 1 fully saturated rings. The lowest BCUT2D eigenvalue weighted by atomic mass is 10.1. The second-order valence-corrected chi connectivity index (χ2v) is 3.04. The molecule has 0 aliphatic carbocycles. The molecule has 1 aliphatic rings. The molecule has 2 heterocycles. The highest BCUT2D eigenvalue weighted by atomic mass is 16.5. The molecule has 0 bridgehead atoms. The maximum Gasteiger partial charge on any atom is 0.252 e. The first-order chi connectivity index (χ1) is 6.40. The molecule has 0 spiro atoms. The number of hydrogen-bond acceptors (Lipinski definition) is 5. The number of methoxy groups -OCH3 is 1. The first kappa shape index (κ1) is 8.65. The summed E-state index contributed by atoms with van der Waals surface area (Å²) in [5.41, 5.74) is 0. The summed E-state index contributed by atoms with van der Waals surface area (Å²) in [6.07, 6.45) is 0.978. The van der Waals surface area contributed by atoms with Gasteiger partial charge < -0.3 is 14.0 Å². The lowest BCUT2D eigenvalue weighted by molar-refractivity contribution is 0.151. The summed E-state index contributed by atoms with van der Waals surface area (Å²) in [7, 11) is 1.60. The Kier molecular flexibility index (Phi) is 2.56. The highest BCUT2D eigenvalue weighted by molar-refractivity contribution is 4.96. The van der Waals surface area contributed by atoms with E-state index in [0.717, 1.165) is 18.9 Å². The van der Waals surface area contributed by atoms with Gasteiger partial charge in [0, 0.05) is 19.6 Å². The standard InChI is InChI=1S/C8H12N2O3/c1-11-5-7-9-8(10-13-7)6-2-3-12-4-6/h6H,2-5H2,1H3. The van der Waals surface area contributed by atoms with Crippen molar-refractivity contribution in [3.63, 3.8) is 0 Å². The van der Waals surface area contributed by atoms with Gasteiger partial charge in [0.2, 0.25) is 0 Å². The third-order valence-electron chi connectivity index (χ3n) is 2.05. The average Bonchev–Trinajstić information content (AvgIpc) is 2.70. The molecule has 0 N–H and O–H groups in total. The first-order valence-corrected chi connectivity index (χ1v) is 4.29. The largest absolute Gasteiger partial charge is 0.381 e. The average molecular weight is 184 g/mol. The van der Waals surface area contributed by atoms with Crippen molar-refractivity contribution in [3.8, 4) is 0 Å². The fraction of sp³-hybridized carbons (Fsp3) is 0.750. The Morgan fingerprint density at radius 2 is 2.54 bits per heavy atom. The summed E-state index contributed by atoms with van der Waals surface area (Å²) < 4.78 is 15.1. The van der Waals surface area contributed by atoms with Gasteiger partial charge in [-0.2, -0.15) is 4.98 Å². The Hall–Kier alpha value is -0.940. The summed E-state index contributed by atoms with van der Waals surface area (Å²) >= 11 is 0. The Labute approximate surface area is 76.0 Å². The van der Waals surface area contributed by atoms with Crippen molar-refractivity contribution in [2.24, 2.45) is 0 Å². The van der Waals surface area contributed by atoms with Crippen molar-refractivity contribution in [1.82, 2.24) is 10.1 Å². The van der Waals surface area contributed by atoms with Crippen LogP contribution in [0.2, 0.25) is 0 Å². The molecule has 2 rings (SSSR count). The van der Waals surface area contributed by atoms with Crippen molar-refractivity contribution < 1.29 is 14.0 Å². The van der Waals surface area contributed by atoms with Crippen LogP contribution in [-0.4, -0.2) is 30.5 Å². The predicted molar refractivity (Wildman–Crippen MR) is 43.2 cm³/mol. The van der Waals surface area contributed by atoms with Crippen LogP contribution >= 0.6 is 0 Å². The van der Waals surface area contributed by atoms with Crippen LogP contribution in [0.25, 0.3) is 0 Å². The maximum absolute atomic E-state index is 5.23. The quantitative estimate of drug-likeness (QED) is 0.692. The number of nitrogens with zero attached hydrogens (tertiary/aromatic N) is 2. The molecular formula is C8H12N2O3. The highest BCUT2D eigenvalue weighted by Gasteiger charge is 2.22. The molecule has 72 valence electrons. The SMILES string of the molecule is COCc1nc(C2CCOC2)no1. The van der Waals surface area contributed by atoms with Gasteiger partial charge in [0.05, 0.1) is 6.61 Å². The van der Waals surface area contributed by atoms with Crippen molar-refractivity contribution >= 4 is 0 Å². The van der Waals surface area contributed by atoms with Crippen LogP contribution in [0.5, 0.6) is 0 Å². The number of hydrogen-bond donors (Lipinski definition) is 0. The van der Waals surface area contributed by atoms with Crippen molar-refractivity contribution in [2.75, 3.05) is 20.3 Å². The third kappa shape index (κ3) is 1.87. The van der Waals surface area contributed by atoms with Gasteiger partial charge in [0.15, 0.2) is 5.82 Å². The normalized spacial score (nSPS) is 22.4. The fourth-order valence-corrected chi connectivity index (χ4v) is 1.35. The van der Waals surface area contributed by atoms with Crippen LogP contribution in [-0.2, 0) is 16.1 Å². The predicted octanol–water partition coefficient (Wildman–Crippen LogP) is 0.720. The lowest BCUT2D eigenvalue weighted by Crippen LogP contribution is -2.00. The van der Waals surface area contributed by atoms with Gasteiger partial charge in [-0.05, 0) is 6.42 Å². The molecule has 1 aromatic rings. The van der Waals surface area contributed by atoms with Gasteiger partial charge in [-0.3, -0.25) is 0 Å². The Balaban J connectivity index is 2.03. The zero-order valence-corrected chi connectivity index (χ0v) is 7.52. The third-order valence-corrected chi connectivity index (χ3v) is 2.05. The minimum Gasteiger partial charge on any atom is -0.381 e. The van der Waals surface area contributed by atoms with Gasteiger partial charge in [-0.25, -0.2) is 0 Å². The van der Waals surface area contributed by atoms with Crippen LogP contribution in [0, 0.1) is 0 Å². The minimum absolute atomic E-state index is 0.300. The molecule has 1 unspecified atom stereocenters. The molecule has 5 nitrogen and oxygen atoms in total. The Bertz CT molecular complexity index is 268. The van der Waals surface area contributed by atoms with Gasteiger partial charge in [-0.15, -0.1) is 0 Å². The van der Waals surface area contributed by atoms with E-state index in [9.17, 15) is 0 Å². The number of aromatic nitrogens is 2. The van der Waals surface area contributed by atoms with Crippen LogP contribution in [0.3, 0.4) is 0 Å². The summed E-state index contributed by atoms with van der Waals surface area (Å²) in [5, 5.41) is 3.87. The van der Waals surface area contributed by atoms with E-state index in [1.54, 1.807) is 7.11 Å². The van der Waals surface area contributed by atoms with Crippen LogP contribution in [0.4, 0.5) is 0 Å². The molecule has 0 aromatic carbocycles. The van der Waals surface area contributed by atoms with Crippen molar-refractivity contribution in [3.05, 3.63) is 11.7 Å². The smallest absolute Gasteiger partial charge is 0.252 e. The molecule has 0 amide bonds. The van der Waals surface area contributed by atoms with E-state index in [1.807, 2.05) is 0 Å². The van der Waals surface area contributed by atoms with Crippen molar-refractivity contribution in [1.29, 1.82) is 0 Å². The fourth-order valence-electron chi connectivity index (χ4n) is 1.35. The summed E-state index contributed by atoms with van der Waals surface area (Å²) in [4.78, 5) is 4.20. The van der Waals surface area contributed by atoms with Gasteiger partial charge in [0.1, 0.15) is 6.61 Å². The van der Waals surface area contributed by atoms with E-state index in [2.05, 4.69) is 10.1 Å². The Morgan fingerprint density at radius 3 is 3.23 bits per heavy atom. The zero-order valence-electron chi connectivity index (χ0n) is 7.52. The van der Waals surface area contributed by atoms with Gasteiger partial charge in [0.25, 0.3) is 5.89 Å². The van der Waals surface area contributed by atoms with E-state index < -0.39 is 0 Å². The number of ether oxygens (including phenoxy) is 2. The second-order valence-electron chi connectivity index (χ2n) is 3.04. The molecule has 1 atom stereocenters. The topological polar surface area (TPSA) is 57.4 Å². The monoisotopic (exact) mass is 184 g/mol. The van der Waals surface area contributed by atoms with Crippen LogP contribution in [0.15, 0.2) is 4.52 Å². The zero-order chi connectivity index (χ0) is 9.10. The van der Waals surface area contributed by atoms with E-state index in [1.165, 1.54) is 0 Å². The maximum atomic E-state index is 5.23. The molecule has 1 saturated heterocycles. The van der Waals surface area contributed by atoms with E-state index in [4.69, 9.17) is 14.0 Å². The van der Waals surface area contributed by atoms with E-state index >= 15 is 0 Å². The van der Waals surface area contributed by atoms with Crippen molar-refractivity contribution in [2.45, 2.75) is 18.9 Å². The molecule has 0 radical (unpaired) electrons. The van der Waals surface area contributed by atoms with Gasteiger partial charge >= 0.3 is 0 Å². The molecule has 0 saturated carbocycles. The second kappa shape index (κ2) is 3.85. The highest BCUT2D eigenvalue weighted by Crippen LogP contribution is 2.22. The first-order valence-electron chi connectivity index (χ1n) is 4.29. The van der Waals surface area contributed by atoms with E-state index in [-0.39, 0.29) is 0 Å². The van der Waals surface area contributed by atoms with E-state index in [0.29, 0.717) is 25.0 Å². The molecule has 1 aliphatic heterocycles. The summed E-state index contributed by atoms with van der Waals surface area (Å²) in [6, 6.07) is 0.